The lowest BCUT2D eigenvalue weighted by Gasteiger charge is -2.32. The molecule has 4 heteroatoms. The molecule has 0 saturated carbocycles. The molecule has 0 N–H and O–H groups in total. The molecule has 2 rings (SSSR count). The average molecular weight is 237 g/mol. The molecule has 1 aliphatic rings. The molecule has 0 aliphatic carbocycles. The van der Waals surface area contributed by atoms with Crippen molar-refractivity contribution in [2.75, 3.05) is 31.6 Å². The molecule has 0 bridgehead atoms. The fourth-order valence-corrected chi connectivity index (χ4v) is 2.50. The highest BCUT2D eigenvalue weighted by Crippen LogP contribution is 2.21. The number of hydrogen-bond donors (Lipinski definition) is 0. The first-order valence-corrected chi connectivity index (χ1v) is 6.27. The van der Waals surface area contributed by atoms with Crippen molar-refractivity contribution in [1.29, 1.82) is 0 Å². The van der Waals surface area contributed by atoms with Gasteiger partial charge in [-0.1, -0.05) is 6.92 Å². The Balaban J connectivity index is 2.22. The van der Waals surface area contributed by atoms with Crippen LogP contribution in [-0.4, -0.2) is 42.6 Å². The van der Waals surface area contributed by atoms with Crippen molar-refractivity contribution >= 4 is 5.69 Å². The molecule has 0 radical (unpaired) electrons. The molecule has 1 aliphatic heterocycles. The van der Waals surface area contributed by atoms with Gasteiger partial charge in [0, 0.05) is 37.1 Å². The molecule has 17 heavy (non-hydrogen) atoms. The van der Waals surface area contributed by atoms with E-state index in [-0.39, 0.29) is 0 Å². The second kappa shape index (κ2) is 5.45. The van der Waals surface area contributed by atoms with Gasteiger partial charge in [-0.3, -0.25) is 0 Å². The minimum Gasteiger partial charge on any atom is -0.367 e. The highest BCUT2D eigenvalue weighted by atomic mass is 19.1. The Morgan fingerprint density at radius 2 is 2.29 bits per heavy atom. The van der Waals surface area contributed by atoms with Crippen LogP contribution in [0.3, 0.4) is 0 Å². The van der Waals surface area contributed by atoms with Gasteiger partial charge in [0.05, 0.1) is 0 Å². The van der Waals surface area contributed by atoms with Crippen LogP contribution in [0.4, 0.5) is 10.1 Å². The van der Waals surface area contributed by atoms with E-state index in [4.69, 9.17) is 0 Å². The summed E-state index contributed by atoms with van der Waals surface area (Å²) in [4.78, 5) is 8.29. The molecule has 1 aromatic heterocycles. The Labute approximate surface area is 102 Å². The lowest BCUT2D eigenvalue weighted by atomic mass is 10.1. The summed E-state index contributed by atoms with van der Waals surface area (Å²) >= 11 is 0. The van der Waals surface area contributed by atoms with E-state index >= 15 is 0 Å². The molecule has 0 amide bonds. The maximum atomic E-state index is 13.2. The largest absolute Gasteiger partial charge is 0.367 e. The summed E-state index contributed by atoms with van der Waals surface area (Å²) in [5, 5.41) is 0. The van der Waals surface area contributed by atoms with Gasteiger partial charge in [0.15, 0.2) is 0 Å². The summed E-state index contributed by atoms with van der Waals surface area (Å²) in [5.41, 5.74) is 0.958. The summed E-state index contributed by atoms with van der Waals surface area (Å²) in [6.45, 7) is 5.34. The smallest absolute Gasteiger partial charge is 0.214 e. The van der Waals surface area contributed by atoms with E-state index in [1.54, 1.807) is 6.20 Å². The lowest BCUT2D eigenvalue weighted by Crippen LogP contribution is -2.39. The molecule has 1 aromatic rings. The van der Waals surface area contributed by atoms with Crippen molar-refractivity contribution in [3.05, 3.63) is 24.3 Å². The Bertz CT molecular complexity index is 369. The lowest BCUT2D eigenvalue weighted by molar-refractivity contribution is 0.328. The topological polar surface area (TPSA) is 19.4 Å². The Kier molecular flexibility index (Phi) is 3.94. The van der Waals surface area contributed by atoms with E-state index in [9.17, 15) is 4.39 Å². The molecule has 0 spiro atoms. The average Bonchev–Trinajstić information content (AvgIpc) is 2.50. The van der Waals surface area contributed by atoms with Gasteiger partial charge in [0.1, 0.15) is 0 Å². The number of anilines is 1. The Hall–Kier alpha value is -1.16. The first-order valence-electron chi connectivity index (χ1n) is 6.27. The maximum Gasteiger partial charge on any atom is 0.214 e. The predicted octanol–water partition coefficient (Wildman–Crippen LogP) is 2.14. The molecule has 2 heterocycles. The summed E-state index contributed by atoms with van der Waals surface area (Å²) in [6, 6.07) is 3.90. The van der Waals surface area contributed by atoms with Gasteiger partial charge >= 0.3 is 0 Å². The van der Waals surface area contributed by atoms with Gasteiger partial charge in [-0.05, 0) is 32.5 Å². The van der Waals surface area contributed by atoms with E-state index in [1.165, 1.54) is 6.07 Å². The van der Waals surface area contributed by atoms with Gasteiger partial charge in [0.25, 0.3) is 0 Å². The number of pyridine rings is 1. The summed E-state index contributed by atoms with van der Waals surface area (Å²) < 4.78 is 13.2. The first kappa shape index (κ1) is 12.3. The second-order valence-electron chi connectivity index (χ2n) is 4.71. The molecule has 3 nitrogen and oxygen atoms in total. The van der Waals surface area contributed by atoms with Crippen LogP contribution >= 0.6 is 0 Å². The van der Waals surface area contributed by atoms with E-state index in [0.29, 0.717) is 6.04 Å². The summed E-state index contributed by atoms with van der Waals surface area (Å²) in [7, 11) is 2.15. The fraction of sp³-hybridized carbons (Fsp3) is 0.615. The van der Waals surface area contributed by atoms with Crippen LogP contribution in [0.15, 0.2) is 18.3 Å². The van der Waals surface area contributed by atoms with E-state index in [0.717, 1.165) is 38.2 Å². The van der Waals surface area contributed by atoms with Crippen LogP contribution in [0.25, 0.3) is 0 Å². The van der Waals surface area contributed by atoms with Crippen molar-refractivity contribution in [1.82, 2.24) is 9.88 Å². The fourth-order valence-electron chi connectivity index (χ4n) is 2.50. The van der Waals surface area contributed by atoms with E-state index in [1.807, 2.05) is 6.07 Å². The molecule has 1 atom stereocenters. The van der Waals surface area contributed by atoms with Gasteiger partial charge in [0.2, 0.25) is 5.95 Å². The van der Waals surface area contributed by atoms with Crippen LogP contribution in [0, 0.1) is 5.95 Å². The number of rotatable bonds is 2. The van der Waals surface area contributed by atoms with Crippen molar-refractivity contribution in [2.45, 2.75) is 25.8 Å². The van der Waals surface area contributed by atoms with Crippen LogP contribution < -0.4 is 4.90 Å². The molecule has 94 valence electrons. The molecular formula is C13H20FN3. The summed E-state index contributed by atoms with van der Waals surface area (Å²) in [6.07, 6.45) is 3.75. The standard InChI is InChI=1S/C13H20FN3/c1-3-11-10-16(2)7-4-8-17(11)12-5-6-15-13(14)9-12/h5-6,9,11H,3-4,7-8,10H2,1-2H3. The number of likely N-dealkylation sites (N-methyl/N-ethyl adjacent to an activating group) is 1. The second-order valence-corrected chi connectivity index (χ2v) is 4.71. The zero-order chi connectivity index (χ0) is 12.3. The number of halogens is 1. The predicted molar refractivity (Wildman–Crippen MR) is 67.7 cm³/mol. The van der Waals surface area contributed by atoms with Crippen LogP contribution in [0.1, 0.15) is 19.8 Å². The number of nitrogens with zero attached hydrogens (tertiary/aromatic N) is 3. The molecular weight excluding hydrogens is 217 g/mol. The Morgan fingerprint density at radius 1 is 1.47 bits per heavy atom. The first-order chi connectivity index (χ1) is 8.20. The number of hydrogen-bond acceptors (Lipinski definition) is 3. The summed E-state index contributed by atoms with van der Waals surface area (Å²) in [5.74, 6) is -0.394. The van der Waals surface area contributed by atoms with E-state index < -0.39 is 5.95 Å². The highest BCUT2D eigenvalue weighted by Gasteiger charge is 2.22. The third kappa shape index (κ3) is 2.94. The third-order valence-electron chi connectivity index (χ3n) is 3.42. The SMILES string of the molecule is CCC1CN(C)CCCN1c1ccnc(F)c1. The van der Waals surface area contributed by atoms with Gasteiger partial charge in [-0.2, -0.15) is 4.39 Å². The zero-order valence-corrected chi connectivity index (χ0v) is 10.6. The van der Waals surface area contributed by atoms with Crippen molar-refractivity contribution in [3.63, 3.8) is 0 Å². The molecule has 1 saturated heterocycles. The molecule has 0 aromatic carbocycles. The van der Waals surface area contributed by atoms with Crippen LogP contribution in [0.5, 0.6) is 0 Å². The van der Waals surface area contributed by atoms with Gasteiger partial charge < -0.3 is 9.80 Å². The van der Waals surface area contributed by atoms with Crippen molar-refractivity contribution in [2.24, 2.45) is 0 Å². The quantitative estimate of drug-likeness (QED) is 0.735. The van der Waals surface area contributed by atoms with Crippen molar-refractivity contribution in [3.8, 4) is 0 Å². The monoisotopic (exact) mass is 237 g/mol. The van der Waals surface area contributed by atoms with Crippen LogP contribution in [-0.2, 0) is 0 Å². The Morgan fingerprint density at radius 3 is 3.00 bits per heavy atom. The molecule has 1 unspecified atom stereocenters. The van der Waals surface area contributed by atoms with Crippen LogP contribution in [0.2, 0.25) is 0 Å². The minimum absolute atomic E-state index is 0.394. The normalized spacial score (nSPS) is 22.5. The highest BCUT2D eigenvalue weighted by molar-refractivity contribution is 5.46. The number of aromatic nitrogens is 1. The zero-order valence-electron chi connectivity index (χ0n) is 10.6. The maximum absolute atomic E-state index is 13.2. The minimum atomic E-state index is -0.394. The van der Waals surface area contributed by atoms with Gasteiger partial charge in [-0.15, -0.1) is 0 Å². The third-order valence-corrected chi connectivity index (χ3v) is 3.42. The van der Waals surface area contributed by atoms with Crippen molar-refractivity contribution < 1.29 is 4.39 Å². The van der Waals surface area contributed by atoms with E-state index in [2.05, 4.69) is 28.8 Å². The molecule has 1 fully saturated rings. The van der Waals surface area contributed by atoms with Gasteiger partial charge in [-0.25, -0.2) is 4.98 Å².